The Labute approximate surface area is 356 Å². The summed E-state index contributed by atoms with van der Waals surface area (Å²) in [4.78, 5) is 52.9. The van der Waals surface area contributed by atoms with Gasteiger partial charge in [0.25, 0.3) is 11.7 Å². The van der Waals surface area contributed by atoms with Crippen LogP contribution < -0.4 is 20.8 Å². The molecule has 332 valence electrons. The van der Waals surface area contributed by atoms with Crippen LogP contribution in [0, 0.1) is 30.6 Å². The Balaban J connectivity index is 1.55. The Hall–Kier alpha value is -4.83. The molecule has 0 saturated carbocycles. The quantitative estimate of drug-likeness (QED) is 0.201. The highest BCUT2D eigenvalue weighted by Gasteiger charge is 2.50. The molecule has 5 N–H and O–H groups in total. The molecule has 5 bridgehead atoms. The number of nitrogens with zero attached hydrogens (tertiary/aromatic N) is 3. The maximum absolute atomic E-state index is 14.7. The molecule has 1 amide bonds. The van der Waals surface area contributed by atoms with Crippen molar-refractivity contribution in [2.24, 2.45) is 33.7 Å². The van der Waals surface area contributed by atoms with Gasteiger partial charge in [-0.25, -0.2) is 4.99 Å². The van der Waals surface area contributed by atoms with E-state index < -0.39 is 82.9 Å². The molecule has 2 aromatic rings. The Morgan fingerprint density at radius 3 is 2.31 bits per heavy atom. The number of Topliss-reactive ketones (excluding diaryl/α,β-unsaturated/α-hetero) is 1. The van der Waals surface area contributed by atoms with Gasteiger partial charge in [-0.2, -0.15) is 0 Å². The zero-order chi connectivity index (χ0) is 44.7. The molecule has 5 heterocycles. The van der Waals surface area contributed by atoms with E-state index in [9.17, 15) is 34.8 Å². The first-order chi connectivity index (χ1) is 28.8. The number of rotatable bonds is 5. The van der Waals surface area contributed by atoms with Crippen LogP contribution in [0.5, 0.6) is 17.2 Å². The standard InChI is InChI=1S/C46H62N4O11/c1-11-12-19-50-20-17-46(18-21-50)48-34-31-32-39(54)28(7)42-33(31)43(56)45(9,61-42)59-22-16-30(58-10)25(4)41(60-29(8)51)27(6)38(53)26(5)37(52)23(2)14-13-15-24(3)44(57)47-36(40(32)55)35(34)49-46/h13-16,22-23,25-27,30,37-38,41,48,52-55H,11-12,17-21H2,1-10H3/b14-13+,22-16+,24-15-,47-36?/t23-,25+,26+,27+,30-,37-,38+,41+,45-/m0/s1. The van der Waals surface area contributed by atoms with Crippen molar-refractivity contribution in [3.63, 3.8) is 0 Å². The minimum atomic E-state index is -1.95. The number of hydrogen-bond donors (Lipinski definition) is 5. The summed E-state index contributed by atoms with van der Waals surface area (Å²) in [5, 5.41) is 50.6. The van der Waals surface area contributed by atoms with E-state index in [2.05, 4.69) is 22.1 Å². The van der Waals surface area contributed by atoms with Crippen molar-refractivity contribution in [1.29, 1.82) is 0 Å². The molecule has 5 aliphatic heterocycles. The lowest BCUT2D eigenvalue weighted by Gasteiger charge is -2.38. The van der Waals surface area contributed by atoms with Gasteiger partial charge in [0.1, 0.15) is 34.0 Å². The number of likely N-dealkylation sites (tertiary alicyclic amines) is 1. The number of unbranched alkanes of at least 4 members (excludes halogenated alkanes) is 1. The van der Waals surface area contributed by atoms with Crippen LogP contribution in [0.15, 0.2) is 46.1 Å². The molecule has 0 unspecified atom stereocenters. The summed E-state index contributed by atoms with van der Waals surface area (Å²) < 4.78 is 24.0. The second kappa shape index (κ2) is 17.9. The van der Waals surface area contributed by atoms with E-state index in [4.69, 9.17) is 23.9 Å². The van der Waals surface area contributed by atoms with Crippen molar-refractivity contribution < 1.29 is 53.8 Å². The third-order valence-electron chi connectivity index (χ3n) is 13.1. The number of hydrogen-bond acceptors (Lipinski definition) is 14. The van der Waals surface area contributed by atoms with Crippen LogP contribution in [-0.2, 0) is 23.8 Å². The number of methoxy groups -OCH3 is 1. The monoisotopic (exact) mass is 846 g/mol. The van der Waals surface area contributed by atoms with Gasteiger partial charge >= 0.3 is 11.8 Å². The van der Waals surface area contributed by atoms with Crippen LogP contribution in [0.4, 0.5) is 5.69 Å². The molecule has 1 spiro atoms. The third-order valence-corrected chi connectivity index (χ3v) is 13.1. The molecule has 9 atom stereocenters. The molecule has 61 heavy (non-hydrogen) atoms. The van der Waals surface area contributed by atoms with Crippen molar-refractivity contribution in [2.45, 2.75) is 124 Å². The van der Waals surface area contributed by atoms with Crippen molar-refractivity contribution in [3.05, 3.63) is 58.0 Å². The van der Waals surface area contributed by atoms with Gasteiger partial charge in [0.05, 0.1) is 41.2 Å². The predicted octanol–water partition coefficient (Wildman–Crippen LogP) is 4.89. The number of ketones is 1. The van der Waals surface area contributed by atoms with Gasteiger partial charge in [-0.15, -0.1) is 0 Å². The number of phenolic OH excluding ortho intramolecular Hbond substituents is 2. The Morgan fingerprint density at radius 1 is 0.984 bits per heavy atom. The fourth-order valence-electron chi connectivity index (χ4n) is 9.14. The highest BCUT2D eigenvalue weighted by molar-refractivity contribution is 6.21. The smallest absolute Gasteiger partial charge is 0.312 e. The molecule has 1 fully saturated rings. The number of fused-ring (bicyclic) bond motifs is 13. The number of benzene rings is 2. The maximum atomic E-state index is 14.7. The van der Waals surface area contributed by atoms with E-state index in [0.717, 1.165) is 32.5 Å². The van der Waals surface area contributed by atoms with Gasteiger partial charge in [0.15, 0.2) is 5.75 Å². The molecule has 0 aromatic heterocycles. The SMILES string of the molecule is CCCCN1CCC2(CC1)N=c1c(c3c4c5c(C)c(O)c3c(O)c1=NC(=O)/C(C)=C\C=C\[C@H](C)[C@H](O)[C@@H](C)[C@@H](O)[C@@H](C)[C@H](OC(C)=O)[C@H](C)[C@@H](OC)/C=C/O[C@@](C)(O5)C4=O)N2. The number of esters is 1. The lowest BCUT2D eigenvalue weighted by Crippen LogP contribution is -2.46. The van der Waals surface area contributed by atoms with Crippen LogP contribution in [0.25, 0.3) is 10.8 Å². The number of aliphatic hydroxyl groups excluding tert-OH is 2. The summed E-state index contributed by atoms with van der Waals surface area (Å²) in [7, 11) is 1.47. The van der Waals surface area contributed by atoms with E-state index in [1.807, 2.05) is 0 Å². The molecule has 2 aromatic carbocycles. The number of amides is 1. The average molecular weight is 847 g/mol. The number of carbonyl (C=O) groups excluding carboxylic acids is 3. The lowest BCUT2D eigenvalue weighted by atomic mass is 9.78. The number of piperidine rings is 1. The number of carbonyl (C=O) groups is 3. The van der Waals surface area contributed by atoms with Gasteiger partial charge in [0, 0.05) is 87.1 Å². The summed E-state index contributed by atoms with van der Waals surface area (Å²) >= 11 is 0. The largest absolute Gasteiger partial charge is 0.507 e. The van der Waals surface area contributed by atoms with E-state index in [0.29, 0.717) is 18.5 Å². The summed E-state index contributed by atoms with van der Waals surface area (Å²) in [6.45, 7) is 17.5. The Bertz CT molecular complexity index is 2280. The number of aliphatic hydroxyl groups is 2. The summed E-state index contributed by atoms with van der Waals surface area (Å²) in [6, 6.07) is 0. The number of aromatic hydroxyl groups is 2. The van der Waals surface area contributed by atoms with E-state index in [1.165, 1.54) is 27.2 Å². The zero-order valence-electron chi connectivity index (χ0n) is 36.9. The van der Waals surface area contributed by atoms with Crippen LogP contribution >= 0.6 is 0 Å². The summed E-state index contributed by atoms with van der Waals surface area (Å²) in [6.07, 6.45) is 7.24. The highest BCUT2D eigenvalue weighted by atomic mass is 16.7. The van der Waals surface area contributed by atoms with Crippen molar-refractivity contribution in [1.82, 2.24) is 4.90 Å². The van der Waals surface area contributed by atoms with Gasteiger partial charge in [-0.1, -0.05) is 59.3 Å². The van der Waals surface area contributed by atoms with Gasteiger partial charge in [0.2, 0.25) is 0 Å². The zero-order valence-corrected chi connectivity index (χ0v) is 36.9. The highest BCUT2D eigenvalue weighted by Crippen LogP contribution is 2.51. The first-order valence-electron chi connectivity index (χ1n) is 21.4. The van der Waals surface area contributed by atoms with E-state index >= 15 is 0 Å². The fourth-order valence-corrected chi connectivity index (χ4v) is 9.14. The van der Waals surface area contributed by atoms with Crippen LogP contribution in [-0.4, -0.2) is 106 Å². The molecule has 1 saturated heterocycles. The molecular formula is C46H62N4O11. The van der Waals surface area contributed by atoms with Crippen LogP contribution in [0.1, 0.15) is 97.0 Å². The predicted molar refractivity (Wildman–Crippen MR) is 228 cm³/mol. The number of allylic oxidation sites excluding steroid dienone is 2. The first kappa shape index (κ1) is 45.7. The van der Waals surface area contributed by atoms with Crippen molar-refractivity contribution >= 4 is 34.1 Å². The normalized spacial score (nSPS) is 32.6. The lowest BCUT2D eigenvalue weighted by molar-refractivity contribution is -0.160. The van der Waals surface area contributed by atoms with Crippen LogP contribution in [0.3, 0.4) is 0 Å². The van der Waals surface area contributed by atoms with E-state index in [-0.39, 0.29) is 49.7 Å². The molecule has 7 rings (SSSR count). The molecule has 15 heteroatoms. The summed E-state index contributed by atoms with van der Waals surface area (Å²) in [5.41, 5.74) is -0.0907. The average Bonchev–Trinajstić information content (AvgIpc) is 3.73. The fraction of sp³-hybridized carbons (Fsp3) is 0.587. The molecule has 5 aliphatic rings. The number of phenols is 2. The number of ether oxygens (including phenoxy) is 4. The third kappa shape index (κ3) is 8.54. The van der Waals surface area contributed by atoms with Crippen molar-refractivity contribution in [3.8, 4) is 17.2 Å². The maximum Gasteiger partial charge on any atom is 0.312 e. The molecular weight excluding hydrogens is 785 g/mol. The number of nitrogens with one attached hydrogen (secondary N) is 1. The van der Waals surface area contributed by atoms with Gasteiger partial charge in [-0.05, 0) is 32.9 Å². The topological polar surface area (TPSA) is 209 Å². The molecule has 0 radical (unpaired) electrons. The second-order valence-corrected chi connectivity index (χ2v) is 17.5. The first-order valence-corrected chi connectivity index (χ1v) is 21.4. The second-order valence-electron chi connectivity index (χ2n) is 17.5. The van der Waals surface area contributed by atoms with Gasteiger partial charge < -0.3 is 49.6 Å². The van der Waals surface area contributed by atoms with Crippen molar-refractivity contribution in [2.75, 3.05) is 32.1 Å². The minimum Gasteiger partial charge on any atom is -0.507 e. The Morgan fingerprint density at radius 2 is 1.67 bits per heavy atom. The molecule has 0 aliphatic carbocycles. The molecule has 15 nitrogen and oxygen atoms in total. The number of anilines is 1. The summed E-state index contributed by atoms with van der Waals surface area (Å²) in [5.74, 6) is -7.01. The van der Waals surface area contributed by atoms with Crippen LogP contribution in [0.2, 0.25) is 0 Å². The minimum absolute atomic E-state index is 0.0567. The van der Waals surface area contributed by atoms with Gasteiger partial charge in [-0.3, -0.25) is 19.4 Å². The Kier molecular flexibility index (Phi) is 13.4. The van der Waals surface area contributed by atoms with E-state index in [1.54, 1.807) is 65.8 Å².